The molecule has 1 saturated heterocycles. The Morgan fingerprint density at radius 3 is 2.72 bits per heavy atom. The first-order chi connectivity index (χ1) is 8.62. The molecule has 0 spiro atoms. The third kappa shape index (κ3) is 3.32. The average Bonchev–Trinajstić information content (AvgIpc) is 2.90. The maximum atomic E-state index is 12.0. The minimum atomic E-state index is -3.39. The van der Waals surface area contributed by atoms with Crippen molar-refractivity contribution in [1.29, 1.82) is 0 Å². The van der Waals surface area contributed by atoms with E-state index in [4.69, 9.17) is 10.2 Å². The molecule has 18 heavy (non-hydrogen) atoms. The van der Waals surface area contributed by atoms with Crippen LogP contribution in [0.3, 0.4) is 0 Å². The van der Waals surface area contributed by atoms with E-state index in [1.807, 2.05) is 0 Å². The van der Waals surface area contributed by atoms with Gasteiger partial charge in [0, 0.05) is 25.2 Å². The van der Waals surface area contributed by atoms with Crippen molar-refractivity contribution >= 4 is 10.2 Å². The van der Waals surface area contributed by atoms with Gasteiger partial charge in [-0.15, -0.1) is 0 Å². The Balaban J connectivity index is 1.87. The van der Waals surface area contributed by atoms with Gasteiger partial charge in [0.1, 0.15) is 0 Å². The van der Waals surface area contributed by atoms with Gasteiger partial charge in [0.25, 0.3) is 10.2 Å². The Kier molecular flexibility index (Phi) is 4.39. The van der Waals surface area contributed by atoms with Crippen molar-refractivity contribution < 1.29 is 12.8 Å². The zero-order valence-corrected chi connectivity index (χ0v) is 11.0. The van der Waals surface area contributed by atoms with Crippen LogP contribution in [0.4, 0.5) is 0 Å². The van der Waals surface area contributed by atoms with Crippen molar-refractivity contribution in [2.24, 2.45) is 11.7 Å². The predicted octanol–water partition coefficient (Wildman–Crippen LogP) is 0.285. The summed E-state index contributed by atoms with van der Waals surface area (Å²) < 4.78 is 33.0. The minimum Gasteiger partial charge on any atom is -0.472 e. The number of hydrogen-bond donors (Lipinski definition) is 2. The fraction of sp³-hybridized carbons (Fsp3) is 0.636. The van der Waals surface area contributed by atoms with Gasteiger partial charge in [-0.25, -0.2) is 0 Å². The molecular weight excluding hydrogens is 254 g/mol. The van der Waals surface area contributed by atoms with Crippen molar-refractivity contribution in [1.82, 2.24) is 9.03 Å². The van der Waals surface area contributed by atoms with Gasteiger partial charge in [-0.1, -0.05) is 0 Å². The third-order valence-electron chi connectivity index (χ3n) is 3.29. The van der Waals surface area contributed by atoms with Crippen LogP contribution in [-0.2, 0) is 16.8 Å². The highest BCUT2D eigenvalue weighted by molar-refractivity contribution is 7.87. The lowest BCUT2D eigenvalue weighted by Crippen LogP contribution is -2.45. The van der Waals surface area contributed by atoms with Gasteiger partial charge in [-0.3, -0.25) is 0 Å². The molecular formula is C11H19N3O3S. The monoisotopic (exact) mass is 273 g/mol. The molecule has 1 aliphatic heterocycles. The molecule has 6 nitrogen and oxygen atoms in total. The van der Waals surface area contributed by atoms with Crippen molar-refractivity contribution in [3.8, 4) is 0 Å². The van der Waals surface area contributed by atoms with Gasteiger partial charge in [0.2, 0.25) is 0 Å². The molecule has 0 radical (unpaired) electrons. The van der Waals surface area contributed by atoms with Gasteiger partial charge in [0.05, 0.1) is 12.5 Å². The highest BCUT2D eigenvalue weighted by atomic mass is 32.2. The van der Waals surface area contributed by atoms with Crippen LogP contribution in [0.2, 0.25) is 0 Å². The lowest BCUT2D eigenvalue weighted by Gasteiger charge is -2.30. The van der Waals surface area contributed by atoms with Crippen molar-refractivity contribution in [3.05, 3.63) is 24.2 Å². The zero-order valence-electron chi connectivity index (χ0n) is 10.2. The Morgan fingerprint density at radius 2 is 2.17 bits per heavy atom. The summed E-state index contributed by atoms with van der Waals surface area (Å²) in [5.74, 6) is 0.449. The summed E-state index contributed by atoms with van der Waals surface area (Å²) in [5.41, 5.74) is 6.40. The normalized spacial score (nSPS) is 19.2. The lowest BCUT2D eigenvalue weighted by molar-refractivity contribution is 0.275. The number of furan rings is 1. The second-order valence-corrected chi connectivity index (χ2v) is 6.29. The average molecular weight is 273 g/mol. The number of hydrogen-bond acceptors (Lipinski definition) is 4. The first-order valence-electron chi connectivity index (χ1n) is 6.07. The van der Waals surface area contributed by atoms with Crippen molar-refractivity contribution in [2.75, 3.05) is 19.6 Å². The molecule has 0 saturated carbocycles. The highest BCUT2D eigenvalue weighted by Gasteiger charge is 2.26. The van der Waals surface area contributed by atoms with E-state index in [1.165, 1.54) is 16.8 Å². The van der Waals surface area contributed by atoms with E-state index in [9.17, 15) is 8.42 Å². The minimum absolute atomic E-state index is 0.260. The Morgan fingerprint density at radius 1 is 1.44 bits per heavy atom. The molecule has 7 heteroatoms. The van der Waals surface area contributed by atoms with Gasteiger partial charge in [-0.05, 0) is 31.4 Å². The predicted molar refractivity (Wildman–Crippen MR) is 67.8 cm³/mol. The summed E-state index contributed by atoms with van der Waals surface area (Å²) in [6, 6.07) is 1.74. The maximum absolute atomic E-state index is 12.0. The lowest BCUT2D eigenvalue weighted by atomic mass is 9.99. The van der Waals surface area contributed by atoms with Gasteiger partial charge >= 0.3 is 0 Å². The van der Waals surface area contributed by atoms with E-state index in [0.29, 0.717) is 25.6 Å². The van der Waals surface area contributed by atoms with Crippen LogP contribution in [0.1, 0.15) is 18.4 Å². The summed E-state index contributed by atoms with van der Waals surface area (Å²) >= 11 is 0. The van der Waals surface area contributed by atoms with E-state index in [-0.39, 0.29) is 6.54 Å². The van der Waals surface area contributed by atoms with Crippen LogP contribution >= 0.6 is 0 Å². The third-order valence-corrected chi connectivity index (χ3v) is 4.84. The maximum Gasteiger partial charge on any atom is 0.279 e. The number of piperidine rings is 1. The zero-order chi connectivity index (χ0) is 13.0. The Labute approximate surface area is 107 Å². The molecule has 0 atom stereocenters. The first kappa shape index (κ1) is 13.5. The number of nitrogens with two attached hydrogens (primary N) is 1. The van der Waals surface area contributed by atoms with Crippen LogP contribution in [0.5, 0.6) is 0 Å². The molecule has 1 aliphatic rings. The van der Waals surface area contributed by atoms with Gasteiger partial charge < -0.3 is 10.2 Å². The molecule has 0 aliphatic carbocycles. The van der Waals surface area contributed by atoms with Crippen LogP contribution in [-0.4, -0.2) is 32.4 Å². The second-order valence-electron chi connectivity index (χ2n) is 4.54. The summed E-state index contributed by atoms with van der Waals surface area (Å²) in [5, 5.41) is 0. The van der Waals surface area contributed by atoms with Crippen LogP contribution in [0.15, 0.2) is 23.0 Å². The van der Waals surface area contributed by atoms with Crippen molar-refractivity contribution in [2.45, 2.75) is 19.4 Å². The van der Waals surface area contributed by atoms with Crippen LogP contribution < -0.4 is 10.5 Å². The van der Waals surface area contributed by atoms with E-state index in [0.717, 1.165) is 18.4 Å². The largest absolute Gasteiger partial charge is 0.472 e. The van der Waals surface area contributed by atoms with Gasteiger partial charge in [0.15, 0.2) is 0 Å². The first-order valence-corrected chi connectivity index (χ1v) is 7.51. The van der Waals surface area contributed by atoms with E-state index >= 15 is 0 Å². The molecule has 1 fully saturated rings. The molecule has 0 aromatic carbocycles. The second kappa shape index (κ2) is 5.83. The van der Waals surface area contributed by atoms with E-state index in [2.05, 4.69) is 4.72 Å². The Hall–Kier alpha value is -0.890. The van der Waals surface area contributed by atoms with E-state index < -0.39 is 10.2 Å². The summed E-state index contributed by atoms with van der Waals surface area (Å²) in [4.78, 5) is 0. The molecule has 0 unspecified atom stereocenters. The fourth-order valence-electron chi connectivity index (χ4n) is 2.04. The number of nitrogens with one attached hydrogen (secondary N) is 1. The Bertz CT molecular complexity index is 450. The summed E-state index contributed by atoms with van der Waals surface area (Å²) in [7, 11) is -3.39. The van der Waals surface area contributed by atoms with Gasteiger partial charge in [-0.2, -0.15) is 17.4 Å². The smallest absolute Gasteiger partial charge is 0.279 e. The topological polar surface area (TPSA) is 88.6 Å². The molecule has 3 N–H and O–H groups in total. The molecule has 0 bridgehead atoms. The molecule has 1 aromatic rings. The molecule has 2 rings (SSSR count). The molecule has 0 amide bonds. The highest BCUT2D eigenvalue weighted by Crippen LogP contribution is 2.17. The molecule has 102 valence electrons. The fourth-order valence-corrected chi connectivity index (χ4v) is 3.27. The number of nitrogens with zero attached hydrogens (tertiary/aromatic N) is 1. The summed E-state index contributed by atoms with van der Waals surface area (Å²) in [6.45, 7) is 1.98. The quantitative estimate of drug-likeness (QED) is 0.806. The molecule has 1 aromatic heterocycles. The van der Waals surface area contributed by atoms with Crippen LogP contribution in [0.25, 0.3) is 0 Å². The van der Waals surface area contributed by atoms with E-state index in [1.54, 1.807) is 6.07 Å². The number of rotatable bonds is 5. The SMILES string of the molecule is NCC1CCN(S(=O)(=O)NCc2ccoc2)CC1. The summed E-state index contributed by atoms with van der Waals surface area (Å²) in [6.07, 6.45) is 4.73. The standard InChI is InChI=1S/C11H19N3O3S/c12-7-10-1-4-14(5-2-10)18(15,16)13-8-11-3-6-17-9-11/h3,6,9-10,13H,1-2,4-5,7-8,12H2. The molecule has 2 heterocycles. The van der Waals surface area contributed by atoms with Crippen molar-refractivity contribution in [3.63, 3.8) is 0 Å². The van der Waals surface area contributed by atoms with Crippen LogP contribution in [0, 0.1) is 5.92 Å².